The van der Waals surface area contributed by atoms with E-state index in [1.54, 1.807) is 0 Å². The average Bonchev–Trinajstić information content (AvgIpc) is 2.40. The van der Waals surface area contributed by atoms with Gasteiger partial charge in [-0.1, -0.05) is 39.7 Å². The van der Waals surface area contributed by atoms with Gasteiger partial charge < -0.3 is 5.32 Å². The van der Waals surface area contributed by atoms with Crippen LogP contribution in [0.25, 0.3) is 0 Å². The molecule has 2 aromatic rings. The monoisotopic (exact) mass is 415 g/mol. The van der Waals surface area contributed by atoms with Gasteiger partial charge in [-0.3, -0.25) is 0 Å². The molecule has 2 rings (SSSR count). The van der Waals surface area contributed by atoms with E-state index in [-0.39, 0.29) is 6.04 Å². The molecule has 0 aliphatic heterocycles. The lowest BCUT2D eigenvalue weighted by Gasteiger charge is -2.21. The Morgan fingerprint density at radius 1 is 1.00 bits per heavy atom. The van der Waals surface area contributed by atoms with Gasteiger partial charge in [0.25, 0.3) is 0 Å². The lowest BCUT2D eigenvalue weighted by Crippen LogP contribution is -2.19. The largest absolute Gasteiger partial charge is 0.309 e. The predicted molar refractivity (Wildman–Crippen MR) is 93.7 cm³/mol. The Morgan fingerprint density at radius 2 is 1.70 bits per heavy atom. The molecule has 4 heteroatoms. The zero-order chi connectivity index (χ0) is 14.9. The molecule has 0 aliphatic rings. The molecule has 2 aromatic carbocycles. The second-order valence-corrected chi connectivity index (χ2v) is 6.97. The summed E-state index contributed by atoms with van der Waals surface area (Å²) in [4.78, 5) is 0. The Bertz CT molecular complexity index is 641. The van der Waals surface area contributed by atoms with E-state index in [1.807, 2.05) is 13.1 Å². The van der Waals surface area contributed by atoms with Crippen molar-refractivity contribution < 1.29 is 0 Å². The summed E-state index contributed by atoms with van der Waals surface area (Å²) in [5, 5.41) is 4.12. The van der Waals surface area contributed by atoms with Crippen LogP contribution in [0.1, 0.15) is 28.3 Å². The van der Waals surface area contributed by atoms with E-state index in [0.717, 1.165) is 14.0 Å². The van der Waals surface area contributed by atoms with Crippen LogP contribution in [0.2, 0.25) is 5.02 Å². The first-order chi connectivity index (χ1) is 9.43. The molecule has 1 N–H and O–H groups in total. The van der Waals surface area contributed by atoms with E-state index >= 15 is 0 Å². The van der Waals surface area contributed by atoms with Crippen LogP contribution in [0.4, 0.5) is 0 Å². The number of benzene rings is 2. The van der Waals surface area contributed by atoms with Crippen LogP contribution in [-0.4, -0.2) is 7.05 Å². The van der Waals surface area contributed by atoms with Crippen molar-refractivity contribution in [3.8, 4) is 0 Å². The van der Waals surface area contributed by atoms with E-state index in [9.17, 15) is 0 Å². The number of hydrogen-bond donors (Lipinski definition) is 1. The van der Waals surface area contributed by atoms with Crippen molar-refractivity contribution in [1.82, 2.24) is 5.32 Å². The first kappa shape index (κ1) is 16.0. The van der Waals surface area contributed by atoms with Crippen molar-refractivity contribution in [1.29, 1.82) is 0 Å². The molecule has 0 radical (unpaired) electrons. The fourth-order valence-electron chi connectivity index (χ4n) is 2.31. The van der Waals surface area contributed by atoms with Gasteiger partial charge in [0.15, 0.2) is 0 Å². The van der Waals surface area contributed by atoms with Crippen molar-refractivity contribution in [2.45, 2.75) is 19.9 Å². The smallest absolute Gasteiger partial charge is 0.0577 e. The lowest BCUT2D eigenvalue weighted by molar-refractivity contribution is 0.686. The maximum Gasteiger partial charge on any atom is 0.0577 e. The molecular formula is C16H16Br2ClN. The second kappa shape index (κ2) is 6.61. The van der Waals surface area contributed by atoms with Gasteiger partial charge in [0.1, 0.15) is 0 Å². The van der Waals surface area contributed by atoms with E-state index < -0.39 is 0 Å². The van der Waals surface area contributed by atoms with Crippen LogP contribution in [0.5, 0.6) is 0 Å². The highest BCUT2D eigenvalue weighted by Crippen LogP contribution is 2.32. The normalized spacial score (nSPS) is 12.5. The molecule has 1 unspecified atom stereocenters. The van der Waals surface area contributed by atoms with Crippen LogP contribution in [0.15, 0.2) is 39.3 Å². The van der Waals surface area contributed by atoms with Crippen LogP contribution >= 0.6 is 43.5 Å². The van der Waals surface area contributed by atoms with Crippen molar-refractivity contribution in [2.24, 2.45) is 0 Å². The minimum atomic E-state index is 0.148. The van der Waals surface area contributed by atoms with Gasteiger partial charge in [-0.05, 0) is 77.3 Å². The third-order valence-corrected chi connectivity index (χ3v) is 5.49. The molecule has 0 aliphatic carbocycles. The quantitative estimate of drug-likeness (QED) is 0.666. The molecule has 0 heterocycles. The fraction of sp³-hybridized carbons (Fsp3) is 0.250. The molecule has 1 nitrogen and oxygen atoms in total. The topological polar surface area (TPSA) is 12.0 Å². The number of aryl methyl sites for hydroxylation is 2. The third-order valence-electron chi connectivity index (χ3n) is 3.42. The van der Waals surface area contributed by atoms with Crippen LogP contribution in [0.3, 0.4) is 0 Å². The third kappa shape index (κ3) is 3.28. The van der Waals surface area contributed by atoms with Crippen LogP contribution in [0, 0.1) is 13.8 Å². The Morgan fingerprint density at radius 3 is 2.30 bits per heavy atom. The Kier molecular flexibility index (Phi) is 5.30. The highest BCUT2D eigenvalue weighted by Gasteiger charge is 2.16. The Hall–Kier alpha value is -0.350. The minimum absolute atomic E-state index is 0.148. The fourth-order valence-corrected chi connectivity index (χ4v) is 3.28. The zero-order valence-corrected chi connectivity index (χ0v) is 15.5. The summed E-state index contributed by atoms with van der Waals surface area (Å²) < 4.78 is 2.06. The van der Waals surface area contributed by atoms with Gasteiger partial charge in [-0.15, -0.1) is 0 Å². The van der Waals surface area contributed by atoms with Crippen molar-refractivity contribution >= 4 is 43.5 Å². The molecule has 0 fully saturated rings. The summed E-state index contributed by atoms with van der Waals surface area (Å²) in [5.74, 6) is 0. The zero-order valence-electron chi connectivity index (χ0n) is 11.6. The van der Waals surface area contributed by atoms with Gasteiger partial charge in [0.2, 0.25) is 0 Å². The van der Waals surface area contributed by atoms with Gasteiger partial charge in [-0.25, -0.2) is 0 Å². The first-order valence-electron chi connectivity index (χ1n) is 6.33. The highest BCUT2D eigenvalue weighted by atomic mass is 79.9. The SMILES string of the molecule is CNC(c1ccc(Cl)c(Br)c1)c1cc(C)c(Br)cc1C. The van der Waals surface area contributed by atoms with Crippen molar-refractivity contribution in [3.05, 3.63) is 66.6 Å². The summed E-state index contributed by atoms with van der Waals surface area (Å²) in [6.45, 7) is 4.24. The molecule has 0 spiro atoms. The summed E-state index contributed by atoms with van der Waals surface area (Å²) >= 11 is 13.2. The van der Waals surface area contributed by atoms with Crippen molar-refractivity contribution in [2.75, 3.05) is 7.05 Å². The summed E-state index contributed by atoms with van der Waals surface area (Å²) in [7, 11) is 1.98. The van der Waals surface area contributed by atoms with Crippen LogP contribution in [-0.2, 0) is 0 Å². The minimum Gasteiger partial charge on any atom is -0.309 e. The molecule has 20 heavy (non-hydrogen) atoms. The van der Waals surface area contributed by atoms with Gasteiger partial charge >= 0.3 is 0 Å². The predicted octanol–water partition coefficient (Wildman–Crippen LogP) is 5.79. The summed E-state index contributed by atoms with van der Waals surface area (Å²) in [6.07, 6.45) is 0. The van der Waals surface area contributed by atoms with Gasteiger partial charge in [0.05, 0.1) is 11.1 Å². The number of rotatable bonds is 3. The van der Waals surface area contributed by atoms with Gasteiger partial charge in [-0.2, -0.15) is 0 Å². The number of nitrogens with one attached hydrogen (secondary N) is 1. The molecular weight excluding hydrogens is 401 g/mol. The molecule has 1 atom stereocenters. The maximum absolute atomic E-state index is 6.08. The molecule has 106 valence electrons. The van der Waals surface area contributed by atoms with E-state index in [0.29, 0.717) is 0 Å². The molecule has 0 amide bonds. The average molecular weight is 418 g/mol. The van der Waals surface area contributed by atoms with Gasteiger partial charge in [0, 0.05) is 8.95 Å². The highest BCUT2D eigenvalue weighted by molar-refractivity contribution is 9.10. The first-order valence-corrected chi connectivity index (χ1v) is 8.29. The Labute approximate surface area is 142 Å². The molecule has 0 aromatic heterocycles. The van der Waals surface area contributed by atoms with Crippen LogP contribution < -0.4 is 5.32 Å². The van der Waals surface area contributed by atoms with E-state index in [2.05, 4.69) is 75.3 Å². The Balaban J connectivity index is 2.52. The van der Waals surface area contributed by atoms with Crippen molar-refractivity contribution in [3.63, 3.8) is 0 Å². The molecule has 0 saturated carbocycles. The second-order valence-electron chi connectivity index (χ2n) is 4.85. The number of hydrogen-bond acceptors (Lipinski definition) is 1. The standard InChI is InChI=1S/C16H16Br2ClN/c1-9-7-13(17)10(2)6-12(9)16(20-3)11-4-5-15(19)14(18)8-11/h4-8,16,20H,1-3H3. The summed E-state index contributed by atoms with van der Waals surface area (Å²) in [5.41, 5.74) is 4.96. The molecule has 0 bridgehead atoms. The summed E-state index contributed by atoms with van der Waals surface area (Å²) in [6, 6.07) is 10.6. The van der Waals surface area contributed by atoms with E-state index in [1.165, 1.54) is 22.3 Å². The van der Waals surface area contributed by atoms with E-state index in [4.69, 9.17) is 11.6 Å². The lowest BCUT2D eigenvalue weighted by atomic mass is 9.94. The molecule has 0 saturated heterocycles. The number of halogens is 3. The maximum atomic E-state index is 6.08.